The summed E-state index contributed by atoms with van der Waals surface area (Å²) in [6.45, 7) is 4.62. The average molecular weight is 302 g/mol. The van der Waals surface area contributed by atoms with Crippen LogP contribution in [0.25, 0.3) is 0 Å². The molecule has 6 heteroatoms. The third-order valence-electron chi connectivity index (χ3n) is 3.10. The molecular formula is C15H21F3N2O. The van der Waals surface area contributed by atoms with Crippen LogP contribution in [0.1, 0.15) is 42.6 Å². The number of hydrogen-bond acceptors (Lipinski definition) is 2. The second-order valence-corrected chi connectivity index (χ2v) is 5.30. The van der Waals surface area contributed by atoms with E-state index in [1.165, 1.54) is 19.2 Å². The molecule has 0 spiro atoms. The lowest BCUT2D eigenvalue weighted by Gasteiger charge is -2.14. The monoisotopic (exact) mass is 302 g/mol. The third kappa shape index (κ3) is 5.28. The Morgan fingerprint density at radius 1 is 1.29 bits per heavy atom. The van der Waals surface area contributed by atoms with Crippen LogP contribution in [-0.4, -0.2) is 19.5 Å². The number of halogens is 3. The smallest absolute Gasteiger partial charge is 0.388 e. The Hall–Kier alpha value is -1.72. The number of hydrogen-bond donors (Lipinski definition) is 2. The van der Waals surface area contributed by atoms with Gasteiger partial charge < -0.3 is 10.6 Å². The molecule has 0 bridgehead atoms. The van der Waals surface area contributed by atoms with Crippen molar-refractivity contribution in [2.45, 2.75) is 32.9 Å². The highest BCUT2D eigenvalue weighted by Crippen LogP contribution is 2.35. The predicted molar refractivity (Wildman–Crippen MR) is 77.4 cm³/mol. The molecule has 0 saturated carbocycles. The number of rotatable bonds is 6. The lowest BCUT2D eigenvalue weighted by Crippen LogP contribution is -2.25. The van der Waals surface area contributed by atoms with Gasteiger partial charge in [0.05, 0.1) is 5.56 Å². The Morgan fingerprint density at radius 2 is 1.95 bits per heavy atom. The quantitative estimate of drug-likeness (QED) is 0.782. The summed E-state index contributed by atoms with van der Waals surface area (Å²) in [5.41, 5.74) is -0.857. The van der Waals surface area contributed by atoms with E-state index in [9.17, 15) is 18.0 Å². The Bertz CT molecular complexity index is 484. The van der Waals surface area contributed by atoms with E-state index in [0.29, 0.717) is 12.5 Å². The van der Waals surface area contributed by atoms with Gasteiger partial charge in [-0.1, -0.05) is 13.8 Å². The van der Waals surface area contributed by atoms with Crippen LogP contribution in [0.3, 0.4) is 0 Å². The largest absolute Gasteiger partial charge is 0.418 e. The minimum atomic E-state index is -4.49. The summed E-state index contributed by atoms with van der Waals surface area (Å²) < 4.78 is 38.7. The number of nitrogens with one attached hydrogen (secondary N) is 2. The summed E-state index contributed by atoms with van der Waals surface area (Å²) in [5, 5.41) is 5.13. The van der Waals surface area contributed by atoms with Crippen LogP contribution in [0.2, 0.25) is 0 Å². The van der Waals surface area contributed by atoms with Crippen LogP contribution < -0.4 is 10.6 Å². The molecule has 0 aromatic heterocycles. The molecule has 3 nitrogen and oxygen atoms in total. The topological polar surface area (TPSA) is 41.1 Å². The van der Waals surface area contributed by atoms with Crippen molar-refractivity contribution in [2.24, 2.45) is 5.92 Å². The lowest BCUT2D eigenvalue weighted by atomic mass is 10.1. The zero-order valence-electron chi connectivity index (χ0n) is 12.5. The van der Waals surface area contributed by atoms with Crippen molar-refractivity contribution >= 4 is 11.6 Å². The molecule has 0 saturated heterocycles. The second-order valence-electron chi connectivity index (χ2n) is 5.30. The molecule has 0 aliphatic heterocycles. The van der Waals surface area contributed by atoms with Crippen molar-refractivity contribution < 1.29 is 18.0 Å². The summed E-state index contributed by atoms with van der Waals surface area (Å²) in [5.74, 6) is 0.0561. The number of benzene rings is 1. The molecule has 2 N–H and O–H groups in total. The lowest BCUT2D eigenvalue weighted by molar-refractivity contribution is -0.136. The standard InChI is InChI=1S/C15H21F3N2O/c1-10(2)5-4-8-20-14(21)11-6-7-13(19-3)12(9-11)15(16,17)18/h6-7,9-10,19H,4-5,8H2,1-3H3,(H,20,21). The maximum Gasteiger partial charge on any atom is 0.418 e. The Balaban J connectivity index is 2.77. The third-order valence-corrected chi connectivity index (χ3v) is 3.10. The first kappa shape index (κ1) is 17.3. The zero-order chi connectivity index (χ0) is 16.0. The summed E-state index contributed by atoms with van der Waals surface area (Å²) in [6, 6.07) is 3.54. The Labute approximate surface area is 122 Å². The van der Waals surface area contributed by atoms with Gasteiger partial charge in [0.15, 0.2) is 0 Å². The van der Waals surface area contributed by atoms with Gasteiger partial charge in [-0.15, -0.1) is 0 Å². The van der Waals surface area contributed by atoms with Crippen LogP contribution in [0, 0.1) is 5.92 Å². The molecule has 0 aliphatic carbocycles. The minimum absolute atomic E-state index is 0.0193. The van der Waals surface area contributed by atoms with E-state index in [1.54, 1.807) is 0 Å². The van der Waals surface area contributed by atoms with E-state index < -0.39 is 17.6 Å². The molecule has 0 atom stereocenters. The van der Waals surface area contributed by atoms with E-state index in [-0.39, 0.29) is 11.3 Å². The molecule has 0 radical (unpaired) electrons. The van der Waals surface area contributed by atoms with Gasteiger partial charge in [0.1, 0.15) is 0 Å². The fourth-order valence-electron chi connectivity index (χ4n) is 1.95. The highest BCUT2D eigenvalue weighted by molar-refractivity contribution is 5.94. The molecule has 0 fully saturated rings. The van der Waals surface area contributed by atoms with Crippen molar-refractivity contribution in [3.63, 3.8) is 0 Å². The fraction of sp³-hybridized carbons (Fsp3) is 0.533. The fourth-order valence-corrected chi connectivity index (χ4v) is 1.95. The normalized spacial score (nSPS) is 11.6. The number of anilines is 1. The van der Waals surface area contributed by atoms with E-state index in [2.05, 4.69) is 24.5 Å². The first-order chi connectivity index (χ1) is 9.75. The van der Waals surface area contributed by atoms with Gasteiger partial charge in [-0.25, -0.2) is 0 Å². The molecule has 1 aromatic carbocycles. The highest BCUT2D eigenvalue weighted by Gasteiger charge is 2.34. The number of carbonyl (C=O) groups excluding carboxylic acids is 1. The molecule has 0 aliphatic rings. The van der Waals surface area contributed by atoms with Gasteiger partial charge >= 0.3 is 6.18 Å². The molecule has 0 heterocycles. The summed E-state index contributed by atoms with van der Waals surface area (Å²) in [6.07, 6.45) is -2.72. The summed E-state index contributed by atoms with van der Waals surface area (Å²) >= 11 is 0. The number of carbonyl (C=O) groups is 1. The first-order valence-electron chi connectivity index (χ1n) is 6.93. The van der Waals surface area contributed by atoms with E-state index in [1.807, 2.05) is 0 Å². The molecule has 21 heavy (non-hydrogen) atoms. The van der Waals surface area contributed by atoms with Crippen molar-refractivity contribution in [2.75, 3.05) is 18.9 Å². The van der Waals surface area contributed by atoms with Crippen molar-refractivity contribution in [3.05, 3.63) is 29.3 Å². The van der Waals surface area contributed by atoms with Gasteiger partial charge in [-0.3, -0.25) is 4.79 Å². The average Bonchev–Trinajstić information content (AvgIpc) is 2.41. The molecule has 1 rings (SSSR count). The summed E-state index contributed by atoms with van der Waals surface area (Å²) in [7, 11) is 1.41. The van der Waals surface area contributed by atoms with E-state index in [0.717, 1.165) is 18.9 Å². The molecule has 118 valence electrons. The van der Waals surface area contributed by atoms with Gasteiger partial charge in [-0.05, 0) is 37.0 Å². The number of amides is 1. The van der Waals surface area contributed by atoms with Crippen LogP contribution in [0.4, 0.5) is 18.9 Å². The molecule has 0 unspecified atom stereocenters. The maximum absolute atomic E-state index is 12.9. The predicted octanol–water partition coefficient (Wildman–Crippen LogP) is 3.91. The Morgan fingerprint density at radius 3 is 2.48 bits per heavy atom. The van der Waals surface area contributed by atoms with Crippen molar-refractivity contribution in [3.8, 4) is 0 Å². The second kappa shape index (κ2) is 7.33. The van der Waals surface area contributed by atoms with Gasteiger partial charge in [-0.2, -0.15) is 13.2 Å². The summed E-state index contributed by atoms with van der Waals surface area (Å²) in [4.78, 5) is 11.9. The van der Waals surface area contributed by atoms with E-state index >= 15 is 0 Å². The SMILES string of the molecule is CNc1ccc(C(=O)NCCCC(C)C)cc1C(F)(F)F. The zero-order valence-corrected chi connectivity index (χ0v) is 12.5. The van der Waals surface area contributed by atoms with Gasteiger partial charge in [0.25, 0.3) is 5.91 Å². The minimum Gasteiger partial charge on any atom is -0.388 e. The van der Waals surface area contributed by atoms with Crippen LogP contribution in [-0.2, 0) is 6.18 Å². The highest BCUT2D eigenvalue weighted by atomic mass is 19.4. The maximum atomic E-state index is 12.9. The first-order valence-corrected chi connectivity index (χ1v) is 6.93. The van der Waals surface area contributed by atoms with Crippen LogP contribution in [0.15, 0.2) is 18.2 Å². The van der Waals surface area contributed by atoms with Crippen molar-refractivity contribution in [1.29, 1.82) is 0 Å². The molecular weight excluding hydrogens is 281 g/mol. The van der Waals surface area contributed by atoms with Crippen molar-refractivity contribution in [1.82, 2.24) is 5.32 Å². The van der Waals surface area contributed by atoms with Gasteiger partial charge in [0.2, 0.25) is 0 Å². The van der Waals surface area contributed by atoms with Gasteiger partial charge in [0, 0.05) is 24.8 Å². The van der Waals surface area contributed by atoms with E-state index in [4.69, 9.17) is 0 Å². The molecule has 1 aromatic rings. The molecule has 1 amide bonds. The number of alkyl halides is 3. The van der Waals surface area contributed by atoms with Crippen LogP contribution in [0.5, 0.6) is 0 Å². The van der Waals surface area contributed by atoms with Crippen LogP contribution >= 0.6 is 0 Å². The Kier molecular flexibility index (Phi) is 6.05.